The number of ketones is 1. The average molecular weight is 256 g/mol. The molecule has 0 fully saturated rings. The van der Waals surface area contributed by atoms with E-state index in [1.165, 1.54) is 20.3 Å². The van der Waals surface area contributed by atoms with Crippen LogP contribution in [-0.2, 0) is 9.47 Å². The van der Waals surface area contributed by atoms with Crippen molar-refractivity contribution in [3.05, 3.63) is 23.8 Å². The summed E-state index contributed by atoms with van der Waals surface area (Å²) in [6.07, 6.45) is 0. The molecule has 0 aromatic heterocycles. The van der Waals surface area contributed by atoms with Crippen LogP contribution in [-0.4, -0.2) is 45.3 Å². The largest absolute Gasteiger partial charge is 0.467 e. The van der Waals surface area contributed by atoms with Gasteiger partial charge < -0.3 is 24.1 Å². The zero-order valence-corrected chi connectivity index (χ0v) is 10.3. The van der Waals surface area contributed by atoms with E-state index in [1.54, 1.807) is 12.1 Å². The summed E-state index contributed by atoms with van der Waals surface area (Å²) in [5.41, 5.74) is 0.277. The van der Waals surface area contributed by atoms with Crippen molar-refractivity contribution in [3.8, 4) is 11.5 Å². The highest BCUT2D eigenvalue weighted by molar-refractivity contribution is 5.99. The van der Waals surface area contributed by atoms with Crippen LogP contribution < -0.4 is 9.47 Å². The quantitative estimate of drug-likeness (QED) is 0.548. The lowest BCUT2D eigenvalue weighted by atomic mass is 10.1. The maximum Gasteiger partial charge on any atom is 0.191 e. The predicted molar refractivity (Wildman–Crippen MR) is 62.9 cm³/mol. The van der Waals surface area contributed by atoms with Gasteiger partial charge in [0, 0.05) is 20.3 Å². The molecule has 0 saturated heterocycles. The van der Waals surface area contributed by atoms with Gasteiger partial charge in [0.25, 0.3) is 0 Å². The molecular weight excluding hydrogens is 240 g/mol. The minimum absolute atomic E-state index is 0.000556. The zero-order valence-electron chi connectivity index (χ0n) is 10.3. The molecule has 1 rings (SSSR count). The fourth-order valence-electron chi connectivity index (χ4n) is 1.28. The zero-order chi connectivity index (χ0) is 13.4. The Bertz CT molecular complexity index is 390. The van der Waals surface area contributed by atoms with Gasteiger partial charge in [0.1, 0.15) is 18.1 Å². The summed E-state index contributed by atoms with van der Waals surface area (Å²) in [5.74, 6) is 0.362. The van der Waals surface area contributed by atoms with Gasteiger partial charge in [-0.2, -0.15) is 0 Å². The van der Waals surface area contributed by atoms with Gasteiger partial charge in [0.05, 0.1) is 5.56 Å². The van der Waals surface area contributed by atoms with Crippen LogP contribution in [0.25, 0.3) is 0 Å². The maximum atomic E-state index is 11.5. The summed E-state index contributed by atoms with van der Waals surface area (Å²) in [5, 5.41) is 8.86. The highest BCUT2D eigenvalue weighted by Gasteiger charge is 2.13. The summed E-state index contributed by atoms with van der Waals surface area (Å²) in [6, 6.07) is 4.66. The Hall–Kier alpha value is -1.63. The van der Waals surface area contributed by atoms with E-state index in [9.17, 15) is 4.79 Å². The number of hydrogen-bond acceptors (Lipinski definition) is 6. The van der Waals surface area contributed by atoms with E-state index in [4.69, 9.17) is 24.1 Å². The molecule has 0 unspecified atom stereocenters. The standard InChI is InChI=1S/C12H16O6/c1-15-7-17-9-3-4-10(11(14)6-13)12(5-9)18-8-16-2/h3-5,13H,6-8H2,1-2H3. The summed E-state index contributed by atoms with van der Waals surface area (Å²) >= 11 is 0. The van der Waals surface area contributed by atoms with Crippen molar-refractivity contribution in [1.29, 1.82) is 0 Å². The topological polar surface area (TPSA) is 74.2 Å². The third-order valence-electron chi connectivity index (χ3n) is 2.07. The Balaban J connectivity index is 2.92. The predicted octanol–water partition coefficient (Wildman–Crippen LogP) is 0.827. The van der Waals surface area contributed by atoms with Crippen molar-refractivity contribution in [2.45, 2.75) is 0 Å². The third-order valence-corrected chi connectivity index (χ3v) is 2.07. The second kappa shape index (κ2) is 7.65. The Morgan fingerprint density at radius 3 is 2.44 bits per heavy atom. The van der Waals surface area contributed by atoms with Crippen LogP contribution in [0.4, 0.5) is 0 Å². The fourth-order valence-corrected chi connectivity index (χ4v) is 1.28. The van der Waals surface area contributed by atoms with Crippen molar-refractivity contribution < 1.29 is 28.8 Å². The van der Waals surface area contributed by atoms with Crippen LogP contribution in [0, 0.1) is 0 Å². The molecule has 0 aliphatic rings. The number of hydrogen-bond donors (Lipinski definition) is 1. The van der Waals surface area contributed by atoms with Crippen LogP contribution in [0.1, 0.15) is 10.4 Å². The Morgan fingerprint density at radius 1 is 1.17 bits per heavy atom. The van der Waals surface area contributed by atoms with E-state index in [0.29, 0.717) is 11.5 Å². The first kappa shape index (κ1) is 14.4. The first-order valence-electron chi connectivity index (χ1n) is 5.24. The summed E-state index contributed by atoms with van der Waals surface area (Å²) in [4.78, 5) is 11.5. The van der Waals surface area contributed by atoms with Gasteiger partial charge >= 0.3 is 0 Å². The average Bonchev–Trinajstić information content (AvgIpc) is 2.42. The number of carbonyl (C=O) groups is 1. The molecule has 0 radical (unpaired) electrons. The van der Waals surface area contributed by atoms with Gasteiger partial charge in [-0.05, 0) is 12.1 Å². The van der Waals surface area contributed by atoms with Gasteiger partial charge in [-0.25, -0.2) is 0 Å². The number of aliphatic hydroxyl groups is 1. The fraction of sp³-hybridized carbons (Fsp3) is 0.417. The minimum atomic E-state index is -0.582. The van der Waals surface area contributed by atoms with Gasteiger partial charge in [0.2, 0.25) is 0 Å². The van der Waals surface area contributed by atoms with Crippen molar-refractivity contribution >= 4 is 5.78 Å². The van der Waals surface area contributed by atoms with Crippen LogP contribution in [0.5, 0.6) is 11.5 Å². The monoisotopic (exact) mass is 256 g/mol. The van der Waals surface area contributed by atoms with E-state index < -0.39 is 12.4 Å². The van der Waals surface area contributed by atoms with Gasteiger partial charge in [-0.3, -0.25) is 4.79 Å². The molecule has 18 heavy (non-hydrogen) atoms. The number of ether oxygens (including phenoxy) is 4. The van der Waals surface area contributed by atoms with Crippen molar-refractivity contribution in [3.63, 3.8) is 0 Å². The first-order valence-corrected chi connectivity index (χ1v) is 5.24. The molecule has 100 valence electrons. The molecule has 0 amide bonds. The van der Waals surface area contributed by atoms with Gasteiger partial charge in [-0.15, -0.1) is 0 Å². The molecule has 0 bridgehead atoms. The molecule has 0 atom stereocenters. The highest BCUT2D eigenvalue weighted by atomic mass is 16.7. The Labute approximate surface area is 105 Å². The van der Waals surface area contributed by atoms with Gasteiger partial charge in [0.15, 0.2) is 19.4 Å². The summed E-state index contributed by atoms with van der Waals surface area (Å²) in [6.45, 7) is -0.488. The number of carbonyl (C=O) groups excluding carboxylic acids is 1. The number of Topliss-reactive ketones (excluding diaryl/α,β-unsaturated/α-hetero) is 1. The third kappa shape index (κ3) is 3.99. The molecule has 6 nitrogen and oxygen atoms in total. The van der Waals surface area contributed by atoms with E-state index >= 15 is 0 Å². The van der Waals surface area contributed by atoms with Crippen LogP contribution in [0.3, 0.4) is 0 Å². The Kier molecular flexibility index (Phi) is 6.13. The normalized spacial score (nSPS) is 10.2. The van der Waals surface area contributed by atoms with Crippen LogP contribution >= 0.6 is 0 Å². The molecule has 1 aromatic carbocycles. The van der Waals surface area contributed by atoms with Gasteiger partial charge in [-0.1, -0.05) is 0 Å². The molecule has 0 aliphatic heterocycles. The summed E-state index contributed by atoms with van der Waals surface area (Å²) in [7, 11) is 2.98. The second-order valence-electron chi connectivity index (χ2n) is 3.34. The Morgan fingerprint density at radius 2 is 1.83 bits per heavy atom. The molecule has 0 heterocycles. The minimum Gasteiger partial charge on any atom is -0.467 e. The summed E-state index contributed by atoms with van der Waals surface area (Å²) < 4.78 is 20.0. The number of benzene rings is 1. The van der Waals surface area contributed by atoms with E-state index in [0.717, 1.165) is 0 Å². The first-order chi connectivity index (χ1) is 8.72. The lowest BCUT2D eigenvalue weighted by Gasteiger charge is -2.12. The SMILES string of the molecule is COCOc1ccc(C(=O)CO)c(OCOC)c1. The molecule has 0 spiro atoms. The van der Waals surface area contributed by atoms with E-state index in [1.807, 2.05) is 0 Å². The molecule has 0 saturated carbocycles. The number of aliphatic hydroxyl groups excluding tert-OH is 1. The molecule has 6 heteroatoms. The van der Waals surface area contributed by atoms with Crippen molar-refractivity contribution in [2.24, 2.45) is 0 Å². The molecule has 1 aromatic rings. The smallest absolute Gasteiger partial charge is 0.191 e. The van der Waals surface area contributed by atoms with Crippen LogP contribution in [0.2, 0.25) is 0 Å². The second-order valence-corrected chi connectivity index (χ2v) is 3.34. The van der Waals surface area contributed by atoms with Crippen molar-refractivity contribution in [2.75, 3.05) is 34.4 Å². The highest BCUT2D eigenvalue weighted by Crippen LogP contribution is 2.25. The maximum absolute atomic E-state index is 11.5. The lowest BCUT2D eigenvalue weighted by Crippen LogP contribution is -2.09. The number of rotatable bonds is 8. The molecular formula is C12H16O6. The van der Waals surface area contributed by atoms with E-state index in [-0.39, 0.29) is 19.1 Å². The van der Waals surface area contributed by atoms with E-state index in [2.05, 4.69) is 0 Å². The molecule has 1 N–H and O–H groups in total. The number of methoxy groups -OCH3 is 2. The lowest BCUT2D eigenvalue weighted by molar-refractivity contribution is 0.0454. The van der Waals surface area contributed by atoms with Crippen LogP contribution in [0.15, 0.2) is 18.2 Å². The van der Waals surface area contributed by atoms with Crippen molar-refractivity contribution in [1.82, 2.24) is 0 Å². The molecule has 0 aliphatic carbocycles.